The molecule has 0 aromatic heterocycles. The lowest BCUT2D eigenvalue weighted by atomic mass is 9.71. The number of halogens is 3. The SMILES string of the molecule is COc1cc(C2C3=C(CCCC3=O)N(Cc3ccccc3)C3=C2C(=O)CCC3)cc(Br)c1OCc1ccc(Cl)c(Cl)c1. The van der Waals surface area contributed by atoms with Gasteiger partial charge >= 0.3 is 0 Å². The van der Waals surface area contributed by atoms with Gasteiger partial charge in [-0.25, -0.2) is 0 Å². The highest BCUT2D eigenvalue weighted by molar-refractivity contribution is 9.10. The molecule has 3 aromatic carbocycles. The maximum atomic E-state index is 13.7. The van der Waals surface area contributed by atoms with Crippen LogP contribution >= 0.6 is 39.1 Å². The van der Waals surface area contributed by atoms with E-state index in [9.17, 15) is 9.59 Å². The summed E-state index contributed by atoms with van der Waals surface area (Å²) in [5, 5.41) is 0.940. The van der Waals surface area contributed by atoms with Crippen molar-refractivity contribution in [2.45, 2.75) is 57.6 Å². The van der Waals surface area contributed by atoms with E-state index in [1.807, 2.05) is 36.4 Å². The molecular weight excluding hydrogens is 637 g/mol. The van der Waals surface area contributed by atoms with Gasteiger partial charge in [0.15, 0.2) is 23.1 Å². The Hall–Kier alpha value is -3.06. The van der Waals surface area contributed by atoms with Gasteiger partial charge < -0.3 is 14.4 Å². The molecule has 6 rings (SSSR count). The summed E-state index contributed by atoms with van der Waals surface area (Å²) in [6, 6.07) is 19.5. The van der Waals surface area contributed by atoms with Crippen LogP contribution in [0.4, 0.5) is 0 Å². The molecule has 0 spiro atoms. The number of Topliss-reactive ketones (excluding diaryl/α,β-unsaturated/α-hetero) is 2. The summed E-state index contributed by atoms with van der Waals surface area (Å²) in [5.41, 5.74) is 6.42. The van der Waals surface area contributed by atoms with Gasteiger partial charge in [-0.05, 0) is 82.6 Å². The van der Waals surface area contributed by atoms with Crippen LogP contribution in [0, 0.1) is 0 Å². The standard InChI is InChI=1S/C34H30BrCl2NO4/c1-41-30-17-22(16-23(35)34(30)42-19-21-13-14-24(36)25(37)15-21)31-32-26(9-5-11-28(32)39)38(18-20-7-3-2-4-8-20)27-10-6-12-29(40)33(27)31/h2-4,7-8,13-17,31H,5-6,9-12,18-19H2,1H3. The molecule has 3 aliphatic rings. The molecule has 0 fully saturated rings. The van der Waals surface area contributed by atoms with Crippen molar-refractivity contribution in [2.24, 2.45) is 0 Å². The van der Waals surface area contributed by atoms with E-state index in [0.717, 1.165) is 64.9 Å². The van der Waals surface area contributed by atoms with E-state index in [4.69, 9.17) is 32.7 Å². The summed E-state index contributed by atoms with van der Waals surface area (Å²) in [5.74, 6) is 0.819. The minimum Gasteiger partial charge on any atom is -0.493 e. The van der Waals surface area contributed by atoms with Gasteiger partial charge in [-0.3, -0.25) is 9.59 Å². The minimum atomic E-state index is -0.447. The molecule has 0 amide bonds. The first kappa shape index (κ1) is 29.0. The average Bonchev–Trinajstić information content (AvgIpc) is 2.99. The molecule has 0 bridgehead atoms. The fraction of sp³-hybridized carbons (Fsp3) is 0.294. The van der Waals surface area contributed by atoms with Gasteiger partial charge in [0.1, 0.15) is 6.61 Å². The van der Waals surface area contributed by atoms with Gasteiger partial charge in [-0.2, -0.15) is 0 Å². The maximum absolute atomic E-state index is 13.7. The van der Waals surface area contributed by atoms with Crippen LogP contribution in [0.5, 0.6) is 11.5 Å². The number of nitrogens with zero attached hydrogens (tertiary/aromatic N) is 1. The van der Waals surface area contributed by atoms with Crippen molar-refractivity contribution in [3.05, 3.63) is 114 Å². The highest BCUT2D eigenvalue weighted by atomic mass is 79.9. The third kappa shape index (κ3) is 5.52. The lowest BCUT2D eigenvalue weighted by molar-refractivity contribution is -0.117. The van der Waals surface area contributed by atoms with Crippen molar-refractivity contribution in [2.75, 3.05) is 7.11 Å². The molecule has 0 saturated heterocycles. The van der Waals surface area contributed by atoms with Crippen LogP contribution < -0.4 is 9.47 Å². The number of ketones is 2. The number of carbonyl (C=O) groups is 2. The first-order chi connectivity index (χ1) is 20.4. The van der Waals surface area contributed by atoms with Crippen LogP contribution in [0.25, 0.3) is 0 Å². The number of benzene rings is 3. The Morgan fingerprint density at radius 1 is 0.833 bits per heavy atom. The fourth-order valence-corrected chi connectivity index (χ4v) is 7.23. The molecule has 8 heteroatoms. The van der Waals surface area contributed by atoms with Crippen molar-refractivity contribution in [3.8, 4) is 11.5 Å². The Morgan fingerprint density at radius 3 is 2.12 bits per heavy atom. The van der Waals surface area contributed by atoms with Gasteiger partial charge in [0.2, 0.25) is 0 Å². The molecule has 42 heavy (non-hydrogen) atoms. The molecule has 5 nitrogen and oxygen atoms in total. The predicted octanol–water partition coefficient (Wildman–Crippen LogP) is 8.96. The third-order valence-corrected chi connectivity index (χ3v) is 9.55. The van der Waals surface area contributed by atoms with Crippen molar-refractivity contribution in [1.82, 2.24) is 4.90 Å². The predicted molar refractivity (Wildman–Crippen MR) is 168 cm³/mol. The summed E-state index contributed by atoms with van der Waals surface area (Å²) >= 11 is 16.0. The summed E-state index contributed by atoms with van der Waals surface area (Å²) < 4.78 is 12.7. The maximum Gasteiger partial charge on any atom is 0.175 e. The number of rotatable bonds is 7. The van der Waals surface area contributed by atoms with Crippen LogP contribution in [0.1, 0.15) is 61.1 Å². The Kier molecular flexibility index (Phi) is 8.49. The van der Waals surface area contributed by atoms with Crippen LogP contribution in [-0.4, -0.2) is 23.6 Å². The Morgan fingerprint density at radius 2 is 1.50 bits per heavy atom. The van der Waals surface area contributed by atoms with E-state index in [1.54, 1.807) is 19.2 Å². The second kappa shape index (κ2) is 12.3. The summed E-state index contributed by atoms with van der Waals surface area (Å²) in [7, 11) is 1.59. The summed E-state index contributed by atoms with van der Waals surface area (Å²) in [4.78, 5) is 29.7. The number of hydrogen-bond acceptors (Lipinski definition) is 5. The number of ether oxygens (including phenoxy) is 2. The fourth-order valence-electron chi connectivity index (χ4n) is 6.34. The highest BCUT2D eigenvalue weighted by Gasteiger charge is 2.43. The molecule has 0 saturated carbocycles. The van der Waals surface area contributed by atoms with E-state index in [-0.39, 0.29) is 18.2 Å². The molecular formula is C34H30BrCl2NO4. The van der Waals surface area contributed by atoms with E-state index in [1.165, 1.54) is 0 Å². The monoisotopic (exact) mass is 665 g/mol. The van der Waals surface area contributed by atoms with E-state index >= 15 is 0 Å². The molecule has 1 heterocycles. The molecule has 1 aliphatic heterocycles. The molecule has 2 aliphatic carbocycles. The second-order valence-electron chi connectivity index (χ2n) is 10.9. The summed E-state index contributed by atoms with van der Waals surface area (Å²) in [6.07, 6.45) is 4.18. The minimum absolute atomic E-state index is 0.110. The van der Waals surface area contributed by atoms with Crippen LogP contribution in [0.2, 0.25) is 10.0 Å². The normalized spacial score (nSPS) is 17.4. The Labute approximate surface area is 264 Å². The van der Waals surface area contributed by atoms with Gasteiger partial charge in [0.25, 0.3) is 0 Å². The number of hydrogen-bond donors (Lipinski definition) is 0. The molecule has 0 unspecified atom stereocenters. The van der Waals surface area contributed by atoms with E-state index < -0.39 is 5.92 Å². The topological polar surface area (TPSA) is 55.8 Å². The highest BCUT2D eigenvalue weighted by Crippen LogP contribution is 2.51. The number of carbonyl (C=O) groups excluding carboxylic acids is 2. The second-order valence-corrected chi connectivity index (χ2v) is 12.5. The van der Waals surface area contributed by atoms with Crippen LogP contribution in [0.3, 0.4) is 0 Å². The molecule has 3 aromatic rings. The van der Waals surface area contributed by atoms with Crippen molar-refractivity contribution < 1.29 is 19.1 Å². The average molecular weight is 667 g/mol. The van der Waals surface area contributed by atoms with Crippen LogP contribution in [0.15, 0.2) is 87.7 Å². The van der Waals surface area contributed by atoms with Crippen molar-refractivity contribution in [3.63, 3.8) is 0 Å². The lowest BCUT2D eigenvalue weighted by Crippen LogP contribution is -2.38. The zero-order valence-electron chi connectivity index (χ0n) is 23.2. The number of allylic oxidation sites excluding steroid dienone is 4. The van der Waals surface area contributed by atoms with E-state index in [2.05, 4.69) is 33.0 Å². The van der Waals surface area contributed by atoms with Gasteiger partial charge in [-0.1, -0.05) is 59.6 Å². The summed E-state index contributed by atoms with van der Waals surface area (Å²) in [6.45, 7) is 0.894. The Bertz CT molecular complexity index is 1590. The third-order valence-electron chi connectivity index (χ3n) is 8.22. The first-order valence-corrected chi connectivity index (χ1v) is 15.7. The number of methoxy groups -OCH3 is 1. The first-order valence-electron chi connectivity index (χ1n) is 14.1. The van der Waals surface area contributed by atoms with E-state index in [0.29, 0.717) is 45.4 Å². The smallest absolute Gasteiger partial charge is 0.175 e. The molecule has 0 N–H and O–H groups in total. The van der Waals surface area contributed by atoms with Gasteiger partial charge in [0.05, 0.1) is 21.6 Å². The molecule has 216 valence electrons. The molecule has 0 atom stereocenters. The lowest BCUT2D eigenvalue weighted by Gasteiger charge is -2.44. The van der Waals surface area contributed by atoms with Gasteiger partial charge in [-0.15, -0.1) is 0 Å². The zero-order valence-corrected chi connectivity index (χ0v) is 26.3. The van der Waals surface area contributed by atoms with Crippen LogP contribution in [-0.2, 0) is 22.7 Å². The Balaban J connectivity index is 1.43. The van der Waals surface area contributed by atoms with Crippen molar-refractivity contribution in [1.29, 1.82) is 0 Å². The largest absolute Gasteiger partial charge is 0.493 e. The van der Waals surface area contributed by atoms with Crippen molar-refractivity contribution >= 4 is 50.7 Å². The quantitative estimate of drug-likeness (QED) is 0.252. The molecule has 0 radical (unpaired) electrons. The van der Waals surface area contributed by atoms with Gasteiger partial charge in [0, 0.05) is 47.8 Å². The zero-order chi connectivity index (χ0) is 29.4.